The summed E-state index contributed by atoms with van der Waals surface area (Å²) in [7, 11) is 5.74. The molecule has 0 unspecified atom stereocenters. The van der Waals surface area contributed by atoms with Crippen molar-refractivity contribution >= 4 is 17.5 Å². The molecule has 1 saturated heterocycles. The van der Waals surface area contributed by atoms with Gasteiger partial charge in [-0.05, 0) is 14.1 Å². The number of rotatable bonds is 4. The fourth-order valence-corrected chi connectivity index (χ4v) is 2.52. The van der Waals surface area contributed by atoms with E-state index in [2.05, 4.69) is 29.0 Å². The average molecular weight is 295 g/mol. The second-order valence-corrected chi connectivity index (χ2v) is 5.90. The van der Waals surface area contributed by atoms with Gasteiger partial charge in [-0.3, -0.25) is 14.5 Å². The second-order valence-electron chi connectivity index (χ2n) is 5.90. The Balaban J connectivity index is 1.83. The van der Waals surface area contributed by atoms with Gasteiger partial charge in [-0.1, -0.05) is 0 Å². The van der Waals surface area contributed by atoms with Crippen LogP contribution in [0.15, 0.2) is 5.10 Å². The normalized spacial score (nSPS) is 21.0. The molecule has 2 aliphatic rings. The van der Waals surface area contributed by atoms with Crippen LogP contribution in [0.1, 0.15) is 12.8 Å². The Labute approximate surface area is 126 Å². The van der Waals surface area contributed by atoms with E-state index >= 15 is 0 Å². The van der Waals surface area contributed by atoms with Crippen LogP contribution in [-0.4, -0.2) is 97.6 Å². The van der Waals surface area contributed by atoms with Crippen molar-refractivity contribution in [3.63, 3.8) is 0 Å². The van der Waals surface area contributed by atoms with Crippen molar-refractivity contribution in [3.8, 4) is 0 Å². The summed E-state index contributed by atoms with van der Waals surface area (Å²) >= 11 is 0. The maximum atomic E-state index is 12.4. The zero-order valence-electron chi connectivity index (χ0n) is 13.2. The van der Waals surface area contributed by atoms with Crippen LogP contribution in [-0.2, 0) is 9.59 Å². The van der Waals surface area contributed by atoms with E-state index in [1.165, 1.54) is 5.01 Å². The molecule has 0 aromatic heterocycles. The Bertz CT molecular complexity index is 427. The molecule has 0 aromatic carbocycles. The summed E-state index contributed by atoms with van der Waals surface area (Å²) < 4.78 is 0. The van der Waals surface area contributed by atoms with Gasteiger partial charge in [0.05, 0.1) is 0 Å². The summed E-state index contributed by atoms with van der Waals surface area (Å²) in [6.45, 7) is 5.36. The fourth-order valence-electron chi connectivity index (χ4n) is 2.52. The number of hydrogen-bond donors (Lipinski definition) is 0. The molecule has 2 heterocycles. The van der Waals surface area contributed by atoms with Gasteiger partial charge in [-0.2, -0.15) is 5.10 Å². The Morgan fingerprint density at radius 1 is 1.19 bits per heavy atom. The maximum absolute atomic E-state index is 12.4. The van der Waals surface area contributed by atoms with Gasteiger partial charge < -0.3 is 9.80 Å². The first-order chi connectivity index (χ1) is 9.97. The lowest BCUT2D eigenvalue weighted by Gasteiger charge is -2.35. The van der Waals surface area contributed by atoms with E-state index in [1.807, 2.05) is 4.90 Å². The molecule has 0 N–H and O–H groups in total. The third-order valence-corrected chi connectivity index (χ3v) is 3.98. The van der Waals surface area contributed by atoms with Gasteiger partial charge in [0.2, 0.25) is 5.91 Å². The van der Waals surface area contributed by atoms with Crippen LogP contribution < -0.4 is 0 Å². The molecule has 0 aliphatic carbocycles. The summed E-state index contributed by atoms with van der Waals surface area (Å²) in [4.78, 5) is 30.2. The fraction of sp³-hybridized carbons (Fsp3) is 0.786. The van der Waals surface area contributed by atoms with Gasteiger partial charge >= 0.3 is 0 Å². The van der Waals surface area contributed by atoms with Crippen LogP contribution in [0.4, 0.5) is 0 Å². The van der Waals surface area contributed by atoms with Crippen molar-refractivity contribution in [1.29, 1.82) is 0 Å². The molecule has 0 atom stereocenters. The molecule has 0 aromatic rings. The highest BCUT2D eigenvalue weighted by atomic mass is 16.2. The highest BCUT2D eigenvalue weighted by molar-refractivity contribution is 6.39. The first-order valence-electron chi connectivity index (χ1n) is 7.48. The van der Waals surface area contributed by atoms with E-state index in [1.54, 1.807) is 7.05 Å². The van der Waals surface area contributed by atoms with E-state index in [0.717, 1.165) is 39.3 Å². The highest BCUT2D eigenvalue weighted by Crippen LogP contribution is 2.11. The predicted octanol–water partition coefficient (Wildman–Crippen LogP) is -0.700. The smallest absolute Gasteiger partial charge is 0.270 e. The molecule has 7 heteroatoms. The number of piperazine rings is 1. The van der Waals surface area contributed by atoms with Gasteiger partial charge in [-0.25, -0.2) is 5.01 Å². The van der Waals surface area contributed by atoms with E-state index in [-0.39, 0.29) is 11.8 Å². The SMILES string of the molecule is CN(C)CCN1CCN(C(=O)C2=NN(C)C(=O)CC2)CC1. The summed E-state index contributed by atoms with van der Waals surface area (Å²) in [6.07, 6.45) is 0.840. The molecule has 0 radical (unpaired) electrons. The maximum Gasteiger partial charge on any atom is 0.270 e. The molecular weight excluding hydrogens is 270 g/mol. The summed E-state index contributed by atoms with van der Waals surface area (Å²) in [5.41, 5.74) is 0.513. The molecular formula is C14H25N5O2. The number of nitrogens with zero attached hydrogens (tertiary/aromatic N) is 5. The topological polar surface area (TPSA) is 59.5 Å². The zero-order chi connectivity index (χ0) is 15.4. The van der Waals surface area contributed by atoms with Crippen LogP contribution in [0.5, 0.6) is 0 Å². The lowest BCUT2D eigenvalue weighted by atomic mass is 10.1. The third-order valence-electron chi connectivity index (χ3n) is 3.98. The first-order valence-corrected chi connectivity index (χ1v) is 7.48. The molecule has 2 amide bonds. The van der Waals surface area contributed by atoms with E-state index in [9.17, 15) is 9.59 Å². The monoisotopic (exact) mass is 295 g/mol. The Morgan fingerprint density at radius 2 is 1.86 bits per heavy atom. The van der Waals surface area contributed by atoms with Gasteiger partial charge in [0.1, 0.15) is 5.71 Å². The first kappa shape index (κ1) is 15.9. The summed E-state index contributed by atoms with van der Waals surface area (Å²) in [6, 6.07) is 0. The van der Waals surface area contributed by atoms with E-state index < -0.39 is 0 Å². The minimum absolute atomic E-state index is 0.0124. The largest absolute Gasteiger partial charge is 0.335 e. The molecule has 118 valence electrons. The number of carbonyl (C=O) groups is 2. The number of carbonyl (C=O) groups excluding carboxylic acids is 2. The molecule has 2 aliphatic heterocycles. The minimum atomic E-state index is -0.0277. The Hall–Kier alpha value is -1.47. The quantitative estimate of drug-likeness (QED) is 0.688. The molecule has 0 spiro atoms. The Morgan fingerprint density at radius 3 is 2.43 bits per heavy atom. The lowest BCUT2D eigenvalue weighted by molar-refractivity contribution is -0.131. The van der Waals surface area contributed by atoms with Gasteiger partial charge in [0, 0.05) is 59.2 Å². The van der Waals surface area contributed by atoms with Crippen molar-refractivity contribution in [2.24, 2.45) is 5.10 Å². The number of hydrazone groups is 1. The average Bonchev–Trinajstić information content (AvgIpc) is 2.48. The number of likely N-dealkylation sites (N-methyl/N-ethyl adjacent to an activating group) is 1. The van der Waals surface area contributed by atoms with Crippen LogP contribution in [0.3, 0.4) is 0 Å². The third kappa shape index (κ3) is 4.25. The molecule has 21 heavy (non-hydrogen) atoms. The molecule has 2 rings (SSSR count). The molecule has 7 nitrogen and oxygen atoms in total. The second kappa shape index (κ2) is 7.00. The number of amides is 2. The van der Waals surface area contributed by atoms with Crippen LogP contribution in [0, 0.1) is 0 Å². The van der Waals surface area contributed by atoms with Crippen LogP contribution in [0.25, 0.3) is 0 Å². The molecule has 0 saturated carbocycles. The number of hydrogen-bond acceptors (Lipinski definition) is 5. The summed E-state index contributed by atoms with van der Waals surface area (Å²) in [5.74, 6) is -0.0401. The molecule has 1 fully saturated rings. The standard InChI is InChI=1S/C14H25N5O2/c1-16(2)6-7-18-8-10-19(11-9-18)14(21)12-4-5-13(20)17(3)15-12/h4-11H2,1-3H3. The van der Waals surface area contributed by atoms with Crippen molar-refractivity contribution in [2.45, 2.75) is 12.8 Å². The Kier molecular flexibility index (Phi) is 5.30. The minimum Gasteiger partial charge on any atom is -0.335 e. The summed E-state index contributed by atoms with van der Waals surface area (Å²) in [5, 5.41) is 5.39. The van der Waals surface area contributed by atoms with Crippen molar-refractivity contribution in [2.75, 3.05) is 60.4 Å². The predicted molar refractivity (Wildman–Crippen MR) is 81.0 cm³/mol. The lowest BCUT2D eigenvalue weighted by Crippen LogP contribution is -2.52. The van der Waals surface area contributed by atoms with Gasteiger partial charge in [-0.15, -0.1) is 0 Å². The van der Waals surface area contributed by atoms with Crippen LogP contribution >= 0.6 is 0 Å². The van der Waals surface area contributed by atoms with Crippen LogP contribution in [0.2, 0.25) is 0 Å². The van der Waals surface area contributed by atoms with E-state index in [0.29, 0.717) is 18.6 Å². The highest BCUT2D eigenvalue weighted by Gasteiger charge is 2.28. The van der Waals surface area contributed by atoms with E-state index in [4.69, 9.17) is 0 Å². The van der Waals surface area contributed by atoms with Crippen molar-refractivity contribution in [3.05, 3.63) is 0 Å². The molecule has 0 bridgehead atoms. The van der Waals surface area contributed by atoms with Gasteiger partial charge in [0.25, 0.3) is 5.91 Å². The zero-order valence-corrected chi connectivity index (χ0v) is 13.2. The van der Waals surface area contributed by atoms with Crippen molar-refractivity contribution < 1.29 is 9.59 Å². The van der Waals surface area contributed by atoms with Gasteiger partial charge in [0.15, 0.2) is 0 Å². The van der Waals surface area contributed by atoms with Crippen molar-refractivity contribution in [1.82, 2.24) is 19.7 Å².